The Labute approximate surface area is 140 Å². The van der Waals surface area contributed by atoms with E-state index in [1.165, 1.54) is 24.3 Å². The molecule has 2 heterocycles. The van der Waals surface area contributed by atoms with E-state index in [-0.39, 0.29) is 18.6 Å². The molecule has 10 nitrogen and oxygen atoms in total. The number of aromatic amines is 2. The topological polar surface area (TPSA) is 158 Å². The highest BCUT2D eigenvalue weighted by Crippen LogP contribution is 2.10. The molecule has 0 unspecified atom stereocenters. The highest BCUT2D eigenvalue weighted by atomic mass is 16.4. The summed E-state index contributed by atoms with van der Waals surface area (Å²) in [5.41, 5.74) is 2.90. The molecule has 4 N–H and O–H groups in total. The van der Waals surface area contributed by atoms with Gasteiger partial charge in [-0.15, -0.1) is 0 Å². The van der Waals surface area contributed by atoms with Crippen LogP contribution in [0.15, 0.2) is 36.4 Å². The Hall–Kier alpha value is -3.82. The number of nitrogens with one attached hydrogen (secondary N) is 2. The maximum atomic E-state index is 10.5. The van der Waals surface area contributed by atoms with Crippen LogP contribution in [0, 0.1) is 0 Å². The predicted molar refractivity (Wildman–Crippen MR) is 88.4 cm³/mol. The Morgan fingerprint density at radius 2 is 1.04 bits per heavy atom. The first-order valence-electron chi connectivity index (χ1n) is 6.62. The van der Waals surface area contributed by atoms with Gasteiger partial charge in [0.1, 0.15) is 22.1 Å². The first-order chi connectivity index (χ1) is 11.5. The van der Waals surface area contributed by atoms with Crippen LogP contribution >= 0.6 is 0 Å². The molecule has 2 aromatic heterocycles. The van der Waals surface area contributed by atoms with Crippen molar-refractivity contribution in [2.24, 2.45) is 0 Å². The molecule has 128 valence electrons. The van der Waals surface area contributed by atoms with E-state index in [4.69, 9.17) is 10.2 Å². The largest absolute Gasteiger partial charge is 0.478 e. The highest BCUT2D eigenvalue weighted by molar-refractivity contribution is 5.92. The van der Waals surface area contributed by atoms with Crippen LogP contribution in [0.3, 0.4) is 0 Å². The van der Waals surface area contributed by atoms with Gasteiger partial charge < -0.3 is 10.2 Å². The Morgan fingerprint density at radius 3 is 1.40 bits per heavy atom. The number of carboxylic acids is 2. The monoisotopic (exact) mass is 342 g/mol. The minimum Gasteiger partial charge on any atom is -0.478 e. The fraction of sp³-hybridized carbons (Fsp3) is 0.0667. The third kappa shape index (κ3) is 3.75. The average Bonchev–Trinajstić information content (AvgIpc) is 3.22. The fourth-order valence-corrected chi connectivity index (χ4v) is 1.95. The molecule has 0 radical (unpaired) electrons. The van der Waals surface area contributed by atoms with Crippen molar-refractivity contribution in [1.82, 2.24) is 30.8 Å². The van der Waals surface area contributed by atoms with Crippen LogP contribution < -0.4 is 0 Å². The minimum atomic E-state index is -0.958. The Bertz CT molecular complexity index is 955. The number of fused-ring (bicyclic) bond motifs is 2. The summed E-state index contributed by atoms with van der Waals surface area (Å²) >= 11 is 0. The smallest absolute Gasteiger partial charge is 0.335 e. The Kier molecular flexibility index (Phi) is 5.03. The Balaban J connectivity index is 0.000000173. The van der Waals surface area contributed by atoms with Crippen molar-refractivity contribution in [3.63, 3.8) is 0 Å². The first kappa shape index (κ1) is 17.5. The number of carboxylic acid groups (broad SMARTS) is 2. The van der Waals surface area contributed by atoms with Gasteiger partial charge in [-0.1, -0.05) is 7.43 Å². The van der Waals surface area contributed by atoms with Crippen molar-refractivity contribution in [2.75, 3.05) is 0 Å². The molecular weight excluding hydrogens is 328 g/mol. The highest BCUT2D eigenvalue weighted by Gasteiger charge is 2.05. The summed E-state index contributed by atoms with van der Waals surface area (Å²) < 4.78 is 0. The summed E-state index contributed by atoms with van der Waals surface area (Å²) in [5.74, 6) is -1.92. The average molecular weight is 342 g/mol. The summed E-state index contributed by atoms with van der Waals surface area (Å²) in [7, 11) is 0. The van der Waals surface area contributed by atoms with Crippen LogP contribution in [0.1, 0.15) is 28.1 Å². The fourth-order valence-electron chi connectivity index (χ4n) is 1.95. The number of benzene rings is 2. The minimum absolute atomic E-state index is 0. The number of nitrogens with zero attached hydrogens (tertiary/aromatic N) is 4. The van der Waals surface area contributed by atoms with E-state index in [9.17, 15) is 9.59 Å². The summed E-state index contributed by atoms with van der Waals surface area (Å²) in [6.45, 7) is 0. The van der Waals surface area contributed by atoms with Gasteiger partial charge in [0.05, 0.1) is 11.1 Å². The van der Waals surface area contributed by atoms with Crippen molar-refractivity contribution in [3.8, 4) is 0 Å². The van der Waals surface area contributed by atoms with Gasteiger partial charge in [0.25, 0.3) is 0 Å². The second kappa shape index (κ2) is 7.17. The number of aromatic carboxylic acids is 2. The van der Waals surface area contributed by atoms with Crippen LogP contribution in [0.2, 0.25) is 0 Å². The van der Waals surface area contributed by atoms with Gasteiger partial charge in [-0.25, -0.2) is 9.59 Å². The molecule has 0 fully saturated rings. The lowest BCUT2D eigenvalue weighted by Gasteiger charge is -1.90. The second-order valence-electron chi connectivity index (χ2n) is 4.66. The van der Waals surface area contributed by atoms with Gasteiger partial charge >= 0.3 is 11.9 Å². The van der Waals surface area contributed by atoms with E-state index in [0.29, 0.717) is 22.1 Å². The molecule has 0 spiro atoms. The van der Waals surface area contributed by atoms with Gasteiger partial charge in [-0.05, 0) is 36.4 Å². The van der Waals surface area contributed by atoms with E-state index >= 15 is 0 Å². The third-order valence-electron chi connectivity index (χ3n) is 3.13. The van der Waals surface area contributed by atoms with E-state index in [1.807, 2.05) is 0 Å². The summed E-state index contributed by atoms with van der Waals surface area (Å²) in [5, 5.41) is 37.2. The molecule has 25 heavy (non-hydrogen) atoms. The van der Waals surface area contributed by atoms with Crippen molar-refractivity contribution in [3.05, 3.63) is 47.5 Å². The molecule has 0 atom stereocenters. The number of carbonyl (C=O) groups is 2. The van der Waals surface area contributed by atoms with Crippen LogP contribution in [0.25, 0.3) is 22.1 Å². The maximum absolute atomic E-state index is 10.5. The number of hydrogen-bond donors (Lipinski definition) is 4. The van der Waals surface area contributed by atoms with Gasteiger partial charge in [0.15, 0.2) is 0 Å². The second-order valence-corrected chi connectivity index (χ2v) is 4.66. The predicted octanol–water partition coefficient (Wildman–Crippen LogP) is 1.95. The zero-order chi connectivity index (χ0) is 17.1. The SMILES string of the molecule is C.O=C(O)c1ccc2n[nH]nc2c1.O=C(O)c1ccc2n[nH]nc2c1. The maximum Gasteiger partial charge on any atom is 0.335 e. The Morgan fingerprint density at radius 1 is 0.680 bits per heavy atom. The lowest BCUT2D eigenvalue weighted by molar-refractivity contribution is 0.0686. The van der Waals surface area contributed by atoms with Crippen molar-refractivity contribution < 1.29 is 19.8 Å². The summed E-state index contributed by atoms with van der Waals surface area (Å²) in [4.78, 5) is 21.0. The molecule has 4 rings (SSSR count). The normalized spacial score (nSPS) is 9.92. The molecule has 10 heteroatoms. The zero-order valence-corrected chi connectivity index (χ0v) is 12.0. The van der Waals surface area contributed by atoms with E-state index in [0.717, 1.165) is 0 Å². The summed E-state index contributed by atoms with van der Waals surface area (Å²) in [6.07, 6.45) is 0. The van der Waals surface area contributed by atoms with Crippen molar-refractivity contribution >= 4 is 34.0 Å². The molecule has 4 aromatic rings. The molecule has 0 aliphatic heterocycles. The quantitative estimate of drug-likeness (QED) is 0.430. The van der Waals surface area contributed by atoms with Crippen LogP contribution in [0.4, 0.5) is 0 Å². The number of hydrogen-bond acceptors (Lipinski definition) is 6. The molecule has 2 aromatic carbocycles. The number of aromatic nitrogens is 6. The van der Waals surface area contributed by atoms with Gasteiger partial charge in [-0.3, -0.25) is 0 Å². The van der Waals surface area contributed by atoms with Crippen LogP contribution in [0.5, 0.6) is 0 Å². The van der Waals surface area contributed by atoms with Gasteiger partial charge in [0, 0.05) is 0 Å². The van der Waals surface area contributed by atoms with Crippen molar-refractivity contribution in [1.29, 1.82) is 0 Å². The van der Waals surface area contributed by atoms with Crippen LogP contribution in [-0.4, -0.2) is 53.0 Å². The lowest BCUT2D eigenvalue weighted by Crippen LogP contribution is -1.94. The molecule has 0 saturated heterocycles. The molecule has 0 saturated carbocycles. The lowest BCUT2D eigenvalue weighted by atomic mass is 10.2. The zero-order valence-electron chi connectivity index (χ0n) is 12.0. The van der Waals surface area contributed by atoms with Gasteiger partial charge in [-0.2, -0.15) is 30.8 Å². The van der Waals surface area contributed by atoms with Crippen LogP contribution in [-0.2, 0) is 0 Å². The third-order valence-corrected chi connectivity index (χ3v) is 3.13. The molecular formula is C15H14N6O4. The van der Waals surface area contributed by atoms with E-state index in [1.54, 1.807) is 12.1 Å². The molecule has 0 aliphatic rings. The van der Waals surface area contributed by atoms with E-state index in [2.05, 4.69) is 30.8 Å². The first-order valence-corrected chi connectivity index (χ1v) is 6.62. The number of H-pyrrole nitrogens is 2. The van der Waals surface area contributed by atoms with Crippen molar-refractivity contribution in [2.45, 2.75) is 7.43 Å². The standard InChI is InChI=1S/2C7H5N3O2.CH4/c2*11-7(12)4-1-2-5-6(3-4)9-10-8-5;/h2*1-3H,(H,11,12)(H,8,9,10);1H4. The number of rotatable bonds is 2. The summed E-state index contributed by atoms with van der Waals surface area (Å²) in [6, 6.07) is 9.16. The molecule has 0 bridgehead atoms. The van der Waals surface area contributed by atoms with Gasteiger partial charge in [0.2, 0.25) is 0 Å². The molecule has 0 aliphatic carbocycles. The molecule has 0 amide bonds. The van der Waals surface area contributed by atoms with E-state index < -0.39 is 11.9 Å².